The number of nitrogens with zero attached hydrogens (tertiary/aromatic N) is 2. The minimum Gasteiger partial charge on any atom is -0.308 e. The van der Waals surface area contributed by atoms with Gasteiger partial charge in [-0.25, -0.2) is 0 Å². The summed E-state index contributed by atoms with van der Waals surface area (Å²) in [4.78, 5) is 6.90. The summed E-state index contributed by atoms with van der Waals surface area (Å²) in [7, 11) is 4.22. The SMILES string of the molecule is CN(C)CCN=C1CCCCCCC1. The van der Waals surface area contributed by atoms with E-state index < -0.39 is 0 Å². The van der Waals surface area contributed by atoms with Crippen LogP contribution in [0.15, 0.2) is 4.99 Å². The van der Waals surface area contributed by atoms with Crippen LogP contribution >= 0.6 is 0 Å². The third-order valence-electron chi connectivity index (χ3n) is 2.81. The highest BCUT2D eigenvalue weighted by Gasteiger charge is 2.03. The lowest BCUT2D eigenvalue weighted by atomic mass is 9.99. The van der Waals surface area contributed by atoms with E-state index in [0.29, 0.717) is 0 Å². The van der Waals surface area contributed by atoms with Gasteiger partial charge in [-0.15, -0.1) is 0 Å². The Morgan fingerprint density at radius 3 is 2.14 bits per heavy atom. The minimum absolute atomic E-state index is 0.988. The highest BCUT2D eigenvalue weighted by Crippen LogP contribution is 2.14. The fourth-order valence-corrected chi connectivity index (χ4v) is 1.88. The molecule has 0 radical (unpaired) electrons. The van der Waals surface area contributed by atoms with E-state index in [1.807, 2.05) is 0 Å². The lowest BCUT2D eigenvalue weighted by Gasteiger charge is -2.12. The molecule has 1 aliphatic rings. The maximum Gasteiger partial charge on any atom is 0.0515 e. The molecular formula is C12H24N2. The van der Waals surface area contributed by atoms with E-state index in [1.54, 1.807) is 0 Å². The maximum atomic E-state index is 4.70. The van der Waals surface area contributed by atoms with Crippen molar-refractivity contribution in [1.82, 2.24) is 4.90 Å². The fourth-order valence-electron chi connectivity index (χ4n) is 1.88. The van der Waals surface area contributed by atoms with Crippen LogP contribution in [-0.4, -0.2) is 37.8 Å². The molecule has 2 heteroatoms. The van der Waals surface area contributed by atoms with Crippen molar-refractivity contribution in [3.05, 3.63) is 0 Å². The van der Waals surface area contributed by atoms with Crippen molar-refractivity contribution < 1.29 is 0 Å². The molecule has 0 heterocycles. The molecule has 0 aromatic carbocycles. The zero-order valence-electron chi connectivity index (χ0n) is 9.76. The highest BCUT2D eigenvalue weighted by molar-refractivity contribution is 5.84. The van der Waals surface area contributed by atoms with E-state index in [4.69, 9.17) is 4.99 Å². The van der Waals surface area contributed by atoms with Crippen LogP contribution in [-0.2, 0) is 0 Å². The third kappa shape index (κ3) is 5.38. The van der Waals surface area contributed by atoms with Gasteiger partial charge in [-0.2, -0.15) is 0 Å². The number of hydrogen-bond donors (Lipinski definition) is 0. The predicted octanol–water partition coefficient (Wildman–Crippen LogP) is 2.73. The highest BCUT2D eigenvalue weighted by atomic mass is 15.1. The lowest BCUT2D eigenvalue weighted by molar-refractivity contribution is 0.420. The van der Waals surface area contributed by atoms with E-state index in [1.165, 1.54) is 50.7 Å². The second-order valence-electron chi connectivity index (χ2n) is 4.52. The molecule has 0 spiro atoms. The molecular weight excluding hydrogens is 172 g/mol. The van der Waals surface area contributed by atoms with Crippen molar-refractivity contribution >= 4 is 5.71 Å². The van der Waals surface area contributed by atoms with Crippen LogP contribution in [0.25, 0.3) is 0 Å². The summed E-state index contributed by atoms with van der Waals surface area (Å²) in [5, 5.41) is 0. The Hall–Kier alpha value is -0.370. The Balaban J connectivity index is 2.24. The zero-order chi connectivity index (χ0) is 10.2. The molecule has 0 aliphatic heterocycles. The standard InChI is InChI=1S/C12H24N2/c1-14(2)11-10-13-12-8-6-4-3-5-7-9-12/h3-11H2,1-2H3. The average molecular weight is 196 g/mol. The number of hydrogen-bond acceptors (Lipinski definition) is 2. The van der Waals surface area contributed by atoms with Gasteiger partial charge in [0.1, 0.15) is 0 Å². The second kappa shape index (κ2) is 6.99. The molecule has 0 atom stereocenters. The summed E-state index contributed by atoms with van der Waals surface area (Å²) in [6.45, 7) is 2.08. The first-order valence-corrected chi connectivity index (χ1v) is 5.96. The number of rotatable bonds is 3. The summed E-state index contributed by atoms with van der Waals surface area (Å²) in [6.07, 6.45) is 9.49. The van der Waals surface area contributed by atoms with E-state index in [0.717, 1.165) is 13.1 Å². The van der Waals surface area contributed by atoms with Gasteiger partial charge >= 0.3 is 0 Å². The molecule has 0 amide bonds. The molecule has 0 N–H and O–H groups in total. The van der Waals surface area contributed by atoms with Crippen LogP contribution in [0, 0.1) is 0 Å². The largest absolute Gasteiger partial charge is 0.308 e. The Morgan fingerprint density at radius 1 is 1.00 bits per heavy atom. The van der Waals surface area contributed by atoms with Gasteiger partial charge in [0.05, 0.1) is 6.54 Å². The van der Waals surface area contributed by atoms with E-state index in [2.05, 4.69) is 19.0 Å². The molecule has 1 aliphatic carbocycles. The van der Waals surface area contributed by atoms with Crippen molar-refractivity contribution in [3.63, 3.8) is 0 Å². The molecule has 2 nitrogen and oxygen atoms in total. The smallest absolute Gasteiger partial charge is 0.0515 e. The molecule has 1 fully saturated rings. The van der Waals surface area contributed by atoms with Crippen molar-refractivity contribution in [2.75, 3.05) is 27.2 Å². The van der Waals surface area contributed by atoms with Crippen molar-refractivity contribution in [2.24, 2.45) is 4.99 Å². The van der Waals surface area contributed by atoms with E-state index in [9.17, 15) is 0 Å². The molecule has 0 aromatic heterocycles. The van der Waals surface area contributed by atoms with Gasteiger partial charge in [0.25, 0.3) is 0 Å². The summed E-state index contributed by atoms with van der Waals surface area (Å²) < 4.78 is 0. The first-order chi connectivity index (χ1) is 6.79. The van der Waals surface area contributed by atoms with Crippen molar-refractivity contribution in [3.8, 4) is 0 Å². The van der Waals surface area contributed by atoms with Crippen LogP contribution < -0.4 is 0 Å². The first-order valence-electron chi connectivity index (χ1n) is 5.96. The van der Waals surface area contributed by atoms with Gasteiger partial charge in [-0.3, -0.25) is 4.99 Å². The van der Waals surface area contributed by atoms with Crippen LogP contribution in [0.3, 0.4) is 0 Å². The summed E-state index contributed by atoms with van der Waals surface area (Å²) in [6, 6.07) is 0. The van der Waals surface area contributed by atoms with Gasteiger partial charge in [0.2, 0.25) is 0 Å². The van der Waals surface area contributed by atoms with Crippen LogP contribution in [0.2, 0.25) is 0 Å². The molecule has 0 saturated heterocycles. The van der Waals surface area contributed by atoms with E-state index in [-0.39, 0.29) is 0 Å². The molecule has 14 heavy (non-hydrogen) atoms. The molecule has 1 rings (SSSR count). The van der Waals surface area contributed by atoms with Crippen LogP contribution in [0.5, 0.6) is 0 Å². The lowest BCUT2D eigenvalue weighted by Crippen LogP contribution is -2.16. The van der Waals surface area contributed by atoms with Gasteiger partial charge in [-0.1, -0.05) is 19.3 Å². The number of aliphatic imine (C=N–C) groups is 1. The second-order valence-corrected chi connectivity index (χ2v) is 4.52. The Kier molecular flexibility index (Phi) is 5.85. The minimum atomic E-state index is 0.988. The van der Waals surface area contributed by atoms with E-state index >= 15 is 0 Å². The maximum absolute atomic E-state index is 4.70. The van der Waals surface area contributed by atoms with Crippen molar-refractivity contribution in [1.29, 1.82) is 0 Å². The average Bonchev–Trinajstić information content (AvgIpc) is 2.07. The van der Waals surface area contributed by atoms with Gasteiger partial charge in [-0.05, 0) is 39.8 Å². The summed E-state index contributed by atoms with van der Waals surface area (Å²) in [5.41, 5.74) is 1.48. The molecule has 0 bridgehead atoms. The predicted molar refractivity (Wildman–Crippen MR) is 63.2 cm³/mol. The summed E-state index contributed by atoms with van der Waals surface area (Å²) in [5.74, 6) is 0. The van der Waals surface area contributed by atoms with Crippen molar-refractivity contribution in [2.45, 2.75) is 44.9 Å². The van der Waals surface area contributed by atoms with Gasteiger partial charge in [0, 0.05) is 12.3 Å². The Bertz CT molecular complexity index is 163. The molecule has 82 valence electrons. The van der Waals surface area contributed by atoms with Gasteiger partial charge in [0.15, 0.2) is 0 Å². The molecule has 0 aromatic rings. The molecule has 1 saturated carbocycles. The molecule has 0 unspecified atom stereocenters. The Morgan fingerprint density at radius 2 is 1.57 bits per heavy atom. The monoisotopic (exact) mass is 196 g/mol. The summed E-state index contributed by atoms with van der Waals surface area (Å²) >= 11 is 0. The quantitative estimate of drug-likeness (QED) is 0.677. The van der Waals surface area contributed by atoms with Crippen LogP contribution in [0.4, 0.5) is 0 Å². The van der Waals surface area contributed by atoms with Crippen LogP contribution in [0.1, 0.15) is 44.9 Å². The first kappa shape index (κ1) is 11.7. The van der Waals surface area contributed by atoms with Gasteiger partial charge < -0.3 is 4.90 Å². The third-order valence-corrected chi connectivity index (χ3v) is 2.81. The Labute approximate surface area is 88.4 Å². The topological polar surface area (TPSA) is 15.6 Å². The zero-order valence-corrected chi connectivity index (χ0v) is 9.76. The fraction of sp³-hybridized carbons (Fsp3) is 0.917. The normalized spacial score (nSPS) is 19.2. The number of likely N-dealkylation sites (N-methyl/N-ethyl adjacent to an activating group) is 1.